The first-order chi connectivity index (χ1) is 10.5. The second-order valence-corrected chi connectivity index (χ2v) is 4.67. The monoisotopic (exact) mass is 316 g/mol. The van der Waals surface area contributed by atoms with Crippen LogP contribution in [0.3, 0.4) is 0 Å². The van der Waals surface area contributed by atoms with Gasteiger partial charge in [0.2, 0.25) is 0 Å². The third kappa shape index (κ3) is 3.40. The SMILES string of the molecule is N#Cc1ccccc1COC(=O)c1ccc([N+](=O)[O-])cc1Cl. The van der Waals surface area contributed by atoms with Crippen LogP contribution in [-0.4, -0.2) is 10.9 Å². The van der Waals surface area contributed by atoms with Crippen LogP contribution in [0.2, 0.25) is 5.02 Å². The van der Waals surface area contributed by atoms with Gasteiger partial charge in [0.1, 0.15) is 6.61 Å². The van der Waals surface area contributed by atoms with E-state index >= 15 is 0 Å². The minimum atomic E-state index is -0.715. The van der Waals surface area contributed by atoms with Crippen LogP contribution in [-0.2, 0) is 11.3 Å². The number of halogens is 1. The molecule has 110 valence electrons. The van der Waals surface area contributed by atoms with Gasteiger partial charge < -0.3 is 4.74 Å². The van der Waals surface area contributed by atoms with Crippen molar-refractivity contribution in [2.24, 2.45) is 0 Å². The quantitative estimate of drug-likeness (QED) is 0.489. The minimum absolute atomic E-state index is 0.0294. The van der Waals surface area contributed by atoms with E-state index in [1.165, 1.54) is 12.1 Å². The zero-order valence-electron chi connectivity index (χ0n) is 11.2. The van der Waals surface area contributed by atoms with Crippen molar-refractivity contribution in [3.05, 3.63) is 74.3 Å². The molecule has 0 amide bonds. The summed E-state index contributed by atoms with van der Waals surface area (Å²) >= 11 is 5.85. The van der Waals surface area contributed by atoms with E-state index in [-0.39, 0.29) is 22.9 Å². The Labute approximate surface area is 130 Å². The zero-order chi connectivity index (χ0) is 16.1. The smallest absolute Gasteiger partial charge is 0.339 e. The normalized spacial score (nSPS) is 9.82. The Morgan fingerprint density at radius 2 is 2.05 bits per heavy atom. The summed E-state index contributed by atoms with van der Waals surface area (Å²) in [7, 11) is 0. The maximum absolute atomic E-state index is 12.0. The molecule has 0 atom stereocenters. The molecule has 2 rings (SSSR count). The predicted molar refractivity (Wildman–Crippen MR) is 78.4 cm³/mol. The van der Waals surface area contributed by atoms with Crippen molar-refractivity contribution in [1.29, 1.82) is 5.26 Å². The molecule has 0 bridgehead atoms. The Morgan fingerprint density at radius 1 is 1.32 bits per heavy atom. The van der Waals surface area contributed by atoms with Gasteiger partial charge in [0.15, 0.2) is 0 Å². The third-order valence-corrected chi connectivity index (χ3v) is 3.19. The van der Waals surface area contributed by atoms with Gasteiger partial charge in [-0.25, -0.2) is 4.79 Å². The van der Waals surface area contributed by atoms with Crippen molar-refractivity contribution in [3.63, 3.8) is 0 Å². The predicted octanol–water partition coefficient (Wildman–Crippen LogP) is 3.48. The molecular formula is C15H9ClN2O4. The first kappa shape index (κ1) is 15.5. The number of non-ortho nitro benzene ring substituents is 1. The van der Waals surface area contributed by atoms with E-state index in [1.54, 1.807) is 24.3 Å². The van der Waals surface area contributed by atoms with Gasteiger partial charge in [0, 0.05) is 17.7 Å². The van der Waals surface area contributed by atoms with Crippen LogP contribution in [0.4, 0.5) is 5.69 Å². The number of hydrogen-bond acceptors (Lipinski definition) is 5. The molecule has 0 unspecified atom stereocenters. The number of carbonyl (C=O) groups is 1. The second kappa shape index (κ2) is 6.70. The number of nitro benzene ring substituents is 1. The Bertz CT molecular complexity index is 783. The van der Waals surface area contributed by atoms with E-state index in [1.807, 2.05) is 6.07 Å². The fourth-order valence-electron chi connectivity index (χ4n) is 1.76. The van der Waals surface area contributed by atoms with Gasteiger partial charge in [-0.1, -0.05) is 29.8 Å². The molecule has 7 heteroatoms. The summed E-state index contributed by atoms with van der Waals surface area (Å²) in [5, 5.41) is 19.5. The van der Waals surface area contributed by atoms with Crippen molar-refractivity contribution in [2.75, 3.05) is 0 Å². The van der Waals surface area contributed by atoms with Gasteiger partial charge in [-0.2, -0.15) is 5.26 Å². The largest absolute Gasteiger partial charge is 0.457 e. The van der Waals surface area contributed by atoms with Crippen molar-refractivity contribution >= 4 is 23.3 Å². The summed E-state index contributed by atoms with van der Waals surface area (Å²) in [6.45, 7) is -0.0874. The van der Waals surface area contributed by atoms with E-state index in [0.717, 1.165) is 6.07 Å². The van der Waals surface area contributed by atoms with E-state index in [4.69, 9.17) is 21.6 Å². The number of ether oxygens (including phenoxy) is 1. The Balaban J connectivity index is 2.13. The molecule has 0 saturated heterocycles. The highest BCUT2D eigenvalue weighted by Crippen LogP contribution is 2.23. The lowest BCUT2D eigenvalue weighted by atomic mass is 10.1. The number of nitro groups is 1. The first-order valence-corrected chi connectivity index (χ1v) is 6.50. The van der Waals surface area contributed by atoms with Gasteiger partial charge in [-0.05, 0) is 12.1 Å². The Morgan fingerprint density at radius 3 is 2.68 bits per heavy atom. The van der Waals surface area contributed by atoms with Crippen LogP contribution in [0.25, 0.3) is 0 Å². The maximum atomic E-state index is 12.0. The molecule has 0 radical (unpaired) electrons. The summed E-state index contributed by atoms with van der Waals surface area (Å²) in [4.78, 5) is 22.0. The van der Waals surface area contributed by atoms with Crippen LogP contribution in [0.1, 0.15) is 21.5 Å². The Kier molecular flexibility index (Phi) is 4.71. The van der Waals surface area contributed by atoms with E-state index < -0.39 is 10.9 Å². The van der Waals surface area contributed by atoms with Crippen LogP contribution in [0.15, 0.2) is 42.5 Å². The topological polar surface area (TPSA) is 93.2 Å². The molecule has 0 aromatic heterocycles. The number of esters is 1. The summed E-state index contributed by atoms with van der Waals surface area (Å²) in [5.41, 5.74) is 0.791. The fraction of sp³-hybridized carbons (Fsp3) is 0.0667. The molecule has 0 aliphatic heterocycles. The second-order valence-electron chi connectivity index (χ2n) is 4.27. The molecule has 22 heavy (non-hydrogen) atoms. The summed E-state index contributed by atoms with van der Waals surface area (Å²) < 4.78 is 5.09. The maximum Gasteiger partial charge on any atom is 0.339 e. The van der Waals surface area contributed by atoms with Crippen LogP contribution in [0.5, 0.6) is 0 Å². The molecule has 0 aliphatic carbocycles. The molecule has 2 aromatic rings. The van der Waals surface area contributed by atoms with E-state index in [2.05, 4.69) is 0 Å². The zero-order valence-corrected chi connectivity index (χ0v) is 11.9. The highest BCUT2D eigenvalue weighted by atomic mass is 35.5. The van der Waals surface area contributed by atoms with E-state index in [9.17, 15) is 14.9 Å². The standard InChI is InChI=1S/C15H9ClN2O4/c16-14-7-12(18(20)21)5-6-13(14)15(19)22-9-11-4-2-1-3-10(11)8-17/h1-7H,9H2. The van der Waals surface area contributed by atoms with Crippen LogP contribution < -0.4 is 0 Å². The molecule has 0 N–H and O–H groups in total. The molecule has 6 nitrogen and oxygen atoms in total. The lowest BCUT2D eigenvalue weighted by molar-refractivity contribution is -0.384. The number of benzene rings is 2. The fourth-order valence-corrected chi connectivity index (χ4v) is 2.01. The number of nitrogens with zero attached hydrogens (tertiary/aromatic N) is 2. The number of rotatable bonds is 4. The average Bonchev–Trinajstić information content (AvgIpc) is 2.52. The van der Waals surface area contributed by atoms with Crippen molar-refractivity contribution in [2.45, 2.75) is 6.61 Å². The summed E-state index contributed by atoms with van der Waals surface area (Å²) in [6, 6.07) is 12.2. The van der Waals surface area contributed by atoms with E-state index in [0.29, 0.717) is 11.1 Å². The summed E-state index contributed by atoms with van der Waals surface area (Å²) in [5.74, 6) is -0.715. The number of nitriles is 1. The number of carbonyl (C=O) groups excluding carboxylic acids is 1. The van der Waals surface area contributed by atoms with Gasteiger partial charge in [-0.3, -0.25) is 10.1 Å². The summed E-state index contributed by atoms with van der Waals surface area (Å²) in [6.07, 6.45) is 0. The van der Waals surface area contributed by atoms with Crippen molar-refractivity contribution in [1.82, 2.24) is 0 Å². The minimum Gasteiger partial charge on any atom is -0.457 e. The molecule has 0 aliphatic rings. The van der Waals surface area contributed by atoms with Gasteiger partial charge in [-0.15, -0.1) is 0 Å². The molecule has 2 aromatic carbocycles. The van der Waals surface area contributed by atoms with Crippen molar-refractivity contribution in [3.8, 4) is 6.07 Å². The van der Waals surface area contributed by atoms with Gasteiger partial charge in [0.05, 0.1) is 27.1 Å². The van der Waals surface area contributed by atoms with Gasteiger partial charge >= 0.3 is 5.97 Å². The lowest BCUT2D eigenvalue weighted by Gasteiger charge is -2.07. The lowest BCUT2D eigenvalue weighted by Crippen LogP contribution is -2.07. The van der Waals surface area contributed by atoms with Crippen LogP contribution >= 0.6 is 11.6 Å². The highest BCUT2D eigenvalue weighted by molar-refractivity contribution is 6.33. The highest BCUT2D eigenvalue weighted by Gasteiger charge is 2.16. The average molecular weight is 317 g/mol. The van der Waals surface area contributed by atoms with Crippen molar-refractivity contribution < 1.29 is 14.5 Å². The molecule has 0 saturated carbocycles. The third-order valence-electron chi connectivity index (χ3n) is 2.88. The molecule has 0 heterocycles. The molecule has 0 fully saturated rings. The molecule has 0 spiro atoms. The Hall–Kier alpha value is -2.91. The van der Waals surface area contributed by atoms with Gasteiger partial charge in [0.25, 0.3) is 5.69 Å². The van der Waals surface area contributed by atoms with Crippen LogP contribution in [0, 0.1) is 21.4 Å². The molecular weight excluding hydrogens is 308 g/mol. The first-order valence-electron chi connectivity index (χ1n) is 6.12. The number of hydrogen-bond donors (Lipinski definition) is 0.